The van der Waals surface area contributed by atoms with Crippen LogP contribution in [-0.2, 0) is 17.4 Å². The Kier molecular flexibility index (Phi) is 6.30. The monoisotopic (exact) mass is 411 g/mol. The zero-order valence-corrected chi connectivity index (χ0v) is 16.0. The van der Waals surface area contributed by atoms with E-state index in [9.17, 15) is 17.6 Å². The summed E-state index contributed by atoms with van der Waals surface area (Å²) in [5.74, 6) is -0.436. The molecule has 1 saturated heterocycles. The van der Waals surface area contributed by atoms with E-state index >= 15 is 0 Å². The van der Waals surface area contributed by atoms with Crippen LogP contribution in [0.4, 0.5) is 10.1 Å². The molecule has 1 fully saturated rings. The highest BCUT2D eigenvalue weighted by atomic mass is 35.5. The molecule has 0 aliphatic carbocycles. The number of thiol groups is 1. The highest BCUT2D eigenvalue weighted by molar-refractivity contribution is 7.73. The first-order valence-electron chi connectivity index (χ1n) is 8.39. The van der Waals surface area contributed by atoms with Gasteiger partial charge in [-0.2, -0.15) is 0 Å². The summed E-state index contributed by atoms with van der Waals surface area (Å²) in [4.78, 5) is 16.6. The molecule has 3 rings (SSSR count). The second kappa shape index (κ2) is 8.69. The topological polar surface area (TPSA) is 69.7 Å². The molecule has 2 aromatic rings. The molecule has 0 bridgehead atoms. The first-order valence-corrected chi connectivity index (χ1v) is 9.94. The van der Waals surface area contributed by atoms with E-state index in [2.05, 4.69) is 9.62 Å². The molecule has 0 saturated carbocycles. The number of hydrogen-bond donors (Lipinski definition) is 2. The fourth-order valence-corrected chi connectivity index (χ4v) is 3.60. The standard InChI is InChI=1S/C18H19ClFN3O3S/c19-17-11-15(21-27(25)26)5-6-16(17)18(24)23-9-7-22(8-10-23)12-13-1-3-14(20)4-2-13/h1-6,11,27H,7-10,12H2,(H,21,25,26). The molecule has 0 spiro atoms. The number of rotatable bonds is 5. The van der Waals surface area contributed by atoms with E-state index in [1.54, 1.807) is 17.0 Å². The molecular weight excluding hydrogens is 393 g/mol. The van der Waals surface area contributed by atoms with Crippen LogP contribution in [0.15, 0.2) is 42.5 Å². The minimum Gasteiger partial charge on any atom is -0.336 e. The quantitative estimate of drug-likeness (QED) is 0.741. The zero-order chi connectivity index (χ0) is 19.4. The summed E-state index contributed by atoms with van der Waals surface area (Å²) in [5, 5.41) is 0.204. The number of benzene rings is 2. The second-order valence-electron chi connectivity index (χ2n) is 6.26. The minimum absolute atomic E-state index is 0.181. The number of carbonyl (C=O) groups excluding carboxylic acids is 1. The highest BCUT2D eigenvalue weighted by Crippen LogP contribution is 2.23. The smallest absolute Gasteiger partial charge is 0.255 e. The third-order valence-electron chi connectivity index (χ3n) is 4.40. The van der Waals surface area contributed by atoms with Gasteiger partial charge in [-0.25, -0.2) is 12.8 Å². The Morgan fingerprint density at radius 3 is 2.33 bits per heavy atom. The van der Waals surface area contributed by atoms with Gasteiger partial charge in [-0.15, -0.1) is 0 Å². The number of hydrogen-bond acceptors (Lipinski definition) is 4. The van der Waals surface area contributed by atoms with Crippen LogP contribution in [0.25, 0.3) is 0 Å². The van der Waals surface area contributed by atoms with Gasteiger partial charge in [-0.1, -0.05) is 23.7 Å². The molecular formula is C18H19ClFN3O3S. The summed E-state index contributed by atoms with van der Waals surface area (Å²) < 4.78 is 36.6. The summed E-state index contributed by atoms with van der Waals surface area (Å²) >= 11 is 6.15. The molecule has 1 aliphatic rings. The van der Waals surface area contributed by atoms with Gasteiger partial charge >= 0.3 is 0 Å². The lowest BCUT2D eigenvalue weighted by atomic mass is 10.1. The number of carbonyl (C=O) groups is 1. The lowest BCUT2D eigenvalue weighted by molar-refractivity contribution is 0.0628. The molecule has 6 nitrogen and oxygen atoms in total. The summed E-state index contributed by atoms with van der Waals surface area (Å²) in [7, 11) is -2.78. The molecule has 1 aliphatic heterocycles. The van der Waals surface area contributed by atoms with E-state index in [0.717, 1.165) is 5.56 Å². The maximum atomic E-state index is 13.0. The molecule has 9 heteroatoms. The number of anilines is 1. The van der Waals surface area contributed by atoms with Crippen LogP contribution in [0, 0.1) is 5.82 Å². The molecule has 1 N–H and O–H groups in total. The van der Waals surface area contributed by atoms with Crippen molar-refractivity contribution in [1.29, 1.82) is 0 Å². The predicted molar refractivity (Wildman–Crippen MR) is 103 cm³/mol. The molecule has 144 valence electrons. The normalized spacial score (nSPS) is 15.1. The van der Waals surface area contributed by atoms with Crippen molar-refractivity contribution >= 4 is 34.1 Å². The molecule has 0 aromatic heterocycles. The van der Waals surface area contributed by atoms with E-state index in [1.807, 2.05) is 0 Å². The summed E-state index contributed by atoms with van der Waals surface area (Å²) in [6, 6.07) is 10.9. The lowest BCUT2D eigenvalue weighted by Crippen LogP contribution is -2.48. The minimum atomic E-state index is -2.78. The average Bonchev–Trinajstić information content (AvgIpc) is 2.63. The van der Waals surface area contributed by atoms with Crippen LogP contribution in [0.2, 0.25) is 5.02 Å². The van der Waals surface area contributed by atoms with E-state index in [-0.39, 0.29) is 16.7 Å². The Balaban J connectivity index is 1.59. The average molecular weight is 412 g/mol. The molecule has 0 unspecified atom stereocenters. The summed E-state index contributed by atoms with van der Waals surface area (Å²) in [6.45, 7) is 3.23. The van der Waals surface area contributed by atoms with Crippen LogP contribution in [0.3, 0.4) is 0 Å². The third-order valence-corrected chi connectivity index (χ3v) is 5.15. The van der Waals surface area contributed by atoms with Crippen molar-refractivity contribution in [2.45, 2.75) is 6.54 Å². The Hall–Kier alpha value is -2.16. The van der Waals surface area contributed by atoms with Gasteiger partial charge in [-0.3, -0.25) is 14.4 Å². The number of halogens is 2. The van der Waals surface area contributed by atoms with Crippen molar-refractivity contribution in [2.75, 3.05) is 30.9 Å². The number of nitrogens with zero attached hydrogens (tertiary/aromatic N) is 2. The van der Waals surface area contributed by atoms with E-state index in [1.165, 1.54) is 30.3 Å². The zero-order valence-electron chi connectivity index (χ0n) is 14.4. The first-order chi connectivity index (χ1) is 12.9. The Morgan fingerprint density at radius 2 is 1.74 bits per heavy atom. The van der Waals surface area contributed by atoms with Crippen molar-refractivity contribution in [2.24, 2.45) is 0 Å². The van der Waals surface area contributed by atoms with Gasteiger partial charge in [0, 0.05) is 38.4 Å². The second-order valence-corrected chi connectivity index (χ2v) is 7.40. The van der Waals surface area contributed by atoms with Crippen molar-refractivity contribution in [1.82, 2.24) is 9.80 Å². The maximum Gasteiger partial charge on any atom is 0.255 e. The van der Waals surface area contributed by atoms with Crippen molar-refractivity contribution in [3.8, 4) is 0 Å². The predicted octanol–water partition coefficient (Wildman–Crippen LogP) is 2.38. The van der Waals surface area contributed by atoms with Crippen molar-refractivity contribution in [3.05, 3.63) is 64.4 Å². The van der Waals surface area contributed by atoms with Crippen LogP contribution in [0.5, 0.6) is 0 Å². The maximum absolute atomic E-state index is 13.0. The molecule has 0 radical (unpaired) electrons. The molecule has 2 aromatic carbocycles. The fourth-order valence-electron chi connectivity index (χ4n) is 2.99. The van der Waals surface area contributed by atoms with Gasteiger partial charge in [0.2, 0.25) is 10.9 Å². The van der Waals surface area contributed by atoms with E-state index in [4.69, 9.17) is 11.6 Å². The molecule has 27 heavy (non-hydrogen) atoms. The van der Waals surface area contributed by atoms with Gasteiger partial charge in [-0.05, 0) is 35.9 Å². The third kappa shape index (κ3) is 5.18. The fraction of sp³-hybridized carbons (Fsp3) is 0.278. The highest BCUT2D eigenvalue weighted by Gasteiger charge is 2.23. The van der Waals surface area contributed by atoms with Gasteiger partial charge < -0.3 is 4.90 Å². The molecule has 0 atom stereocenters. The summed E-state index contributed by atoms with van der Waals surface area (Å²) in [5.41, 5.74) is 1.69. The summed E-state index contributed by atoms with van der Waals surface area (Å²) in [6.07, 6.45) is 0. The lowest BCUT2D eigenvalue weighted by Gasteiger charge is -2.35. The van der Waals surface area contributed by atoms with Crippen LogP contribution in [-0.4, -0.2) is 50.3 Å². The Bertz CT molecular complexity index is 889. The van der Waals surface area contributed by atoms with Crippen LogP contribution < -0.4 is 4.72 Å². The number of nitrogens with one attached hydrogen (secondary N) is 1. The number of amides is 1. The molecule has 1 amide bonds. The van der Waals surface area contributed by atoms with Crippen LogP contribution >= 0.6 is 11.6 Å². The SMILES string of the molecule is O=C(c1ccc(N[SH](=O)=O)cc1Cl)N1CCN(Cc2ccc(F)cc2)CC1. The van der Waals surface area contributed by atoms with E-state index in [0.29, 0.717) is 44.0 Å². The van der Waals surface area contributed by atoms with Gasteiger partial charge in [0.05, 0.1) is 10.6 Å². The van der Waals surface area contributed by atoms with Crippen molar-refractivity contribution in [3.63, 3.8) is 0 Å². The van der Waals surface area contributed by atoms with Gasteiger partial charge in [0.25, 0.3) is 5.91 Å². The molecule has 1 heterocycles. The van der Waals surface area contributed by atoms with E-state index < -0.39 is 10.9 Å². The van der Waals surface area contributed by atoms with Crippen molar-refractivity contribution < 1.29 is 17.6 Å². The largest absolute Gasteiger partial charge is 0.336 e. The van der Waals surface area contributed by atoms with Gasteiger partial charge in [0.15, 0.2) is 0 Å². The van der Waals surface area contributed by atoms with Gasteiger partial charge in [0.1, 0.15) is 5.82 Å². The Labute approximate surface area is 163 Å². The van der Waals surface area contributed by atoms with Crippen LogP contribution in [0.1, 0.15) is 15.9 Å². The first kappa shape index (κ1) is 19.6. The number of piperazine rings is 1. The Morgan fingerprint density at radius 1 is 1.07 bits per heavy atom.